The van der Waals surface area contributed by atoms with Crippen molar-refractivity contribution in [1.82, 2.24) is 9.80 Å². The standard InChI is InChI=1S/C12H23N3O2/c1-3-14(4-2)7-5-6-8-15-11(16)9-10(13)12(15)17/h10H,3-9,13H2,1-2H3/t10-/m0/s1. The molecule has 0 spiro atoms. The molecule has 1 saturated heterocycles. The number of nitrogens with two attached hydrogens (primary N) is 1. The topological polar surface area (TPSA) is 66.6 Å². The predicted octanol–water partition coefficient (Wildman–Crippen LogP) is 0.195. The van der Waals surface area contributed by atoms with E-state index in [1.807, 2.05) is 0 Å². The van der Waals surface area contributed by atoms with E-state index in [0.717, 1.165) is 32.5 Å². The lowest BCUT2D eigenvalue weighted by Crippen LogP contribution is -2.36. The Morgan fingerprint density at radius 1 is 1.29 bits per heavy atom. The van der Waals surface area contributed by atoms with E-state index in [9.17, 15) is 9.59 Å². The molecule has 1 fully saturated rings. The Morgan fingerprint density at radius 2 is 1.94 bits per heavy atom. The average Bonchev–Trinajstić information content (AvgIpc) is 2.55. The van der Waals surface area contributed by atoms with Crippen molar-refractivity contribution in [3.05, 3.63) is 0 Å². The maximum absolute atomic E-state index is 11.5. The molecule has 0 unspecified atom stereocenters. The third kappa shape index (κ3) is 3.78. The van der Waals surface area contributed by atoms with Crippen LogP contribution >= 0.6 is 0 Å². The number of likely N-dealkylation sites (tertiary alicyclic amines) is 1. The monoisotopic (exact) mass is 241 g/mol. The second-order valence-electron chi connectivity index (χ2n) is 4.43. The van der Waals surface area contributed by atoms with Gasteiger partial charge in [0.1, 0.15) is 0 Å². The molecule has 0 aliphatic carbocycles. The van der Waals surface area contributed by atoms with Crippen LogP contribution in [0.4, 0.5) is 0 Å². The van der Waals surface area contributed by atoms with Crippen LogP contribution < -0.4 is 5.73 Å². The fraction of sp³-hybridized carbons (Fsp3) is 0.833. The molecular weight excluding hydrogens is 218 g/mol. The van der Waals surface area contributed by atoms with E-state index < -0.39 is 6.04 Å². The first-order valence-electron chi connectivity index (χ1n) is 6.42. The van der Waals surface area contributed by atoms with Gasteiger partial charge in [0.05, 0.1) is 12.5 Å². The summed E-state index contributed by atoms with van der Waals surface area (Å²) in [6.45, 7) is 7.90. The molecule has 0 saturated carbocycles. The van der Waals surface area contributed by atoms with E-state index in [-0.39, 0.29) is 18.2 Å². The van der Waals surface area contributed by atoms with Crippen molar-refractivity contribution in [3.63, 3.8) is 0 Å². The van der Waals surface area contributed by atoms with Gasteiger partial charge in [0.2, 0.25) is 11.8 Å². The van der Waals surface area contributed by atoms with Gasteiger partial charge in [0.25, 0.3) is 0 Å². The molecule has 1 aliphatic rings. The lowest BCUT2D eigenvalue weighted by molar-refractivity contribution is -0.138. The third-order valence-corrected chi connectivity index (χ3v) is 3.28. The Morgan fingerprint density at radius 3 is 2.41 bits per heavy atom. The number of rotatable bonds is 7. The fourth-order valence-corrected chi connectivity index (χ4v) is 2.09. The number of unbranched alkanes of at least 4 members (excludes halogenated alkanes) is 1. The first-order chi connectivity index (χ1) is 8.10. The predicted molar refractivity (Wildman–Crippen MR) is 66.3 cm³/mol. The number of carbonyl (C=O) groups excluding carboxylic acids is 2. The van der Waals surface area contributed by atoms with Crippen LogP contribution in [0, 0.1) is 0 Å². The highest BCUT2D eigenvalue weighted by Crippen LogP contribution is 2.12. The molecule has 2 N–H and O–H groups in total. The molecule has 98 valence electrons. The smallest absolute Gasteiger partial charge is 0.246 e. The number of imide groups is 1. The van der Waals surface area contributed by atoms with Gasteiger partial charge in [-0.25, -0.2) is 0 Å². The Bertz CT molecular complexity index is 277. The van der Waals surface area contributed by atoms with E-state index in [1.54, 1.807) is 0 Å². The van der Waals surface area contributed by atoms with Gasteiger partial charge < -0.3 is 10.6 Å². The van der Waals surface area contributed by atoms with Gasteiger partial charge >= 0.3 is 0 Å². The highest BCUT2D eigenvalue weighted by Gasteiger charge is 2.35. The first kappa shape index (κ1) is 14.1. The Hall–Kier alpha value is -0.940. The number of nitrogens with zero attached hydrogens (tertiary/aromatic N) is 2. The molecule has 1 atom stereocenters. The molecule has 0 aromatic carbocycles. The summed E-state index contributed by atoms with van der Waals surface area (Å²) in [5, 5.41) is 0. The van der Waals surface area contributed by atoms with Crippen LogP contribution in [0.1, 0.15) is 33.1 Å². The van der Waals surface area contributed by atoms with Crippen LogP contribution in [0.2, 0.25) is 0 Å². The Balaban J connectivity index is 2.23. The van der Waals surface area contributed by atoms with Gasteiger partial charge in [0, 0.05) is 6.54 Å². The van der Waals surface area contributed by atoms with E-state index in [0.29, 0.717) is 6.54 Å². The quantitative estimate of drug-likeness (QED) is 0.510. The van der Waals surface area contributed by atoms with Gasteiger partial charge in [-0.05, 0) is 32.5 Å². The van der Waals surface area contributed by atoms with Gasteiger partial charge in [0.15, 0.2) is 0 Å². The maximum Gasteiger partial charge on any atom is 0.246 e. The van der Waals surface area contributed by atoms with Crippen molar-refractivity contribution in [2.75, 3.05) is 26.2 Å². The van der Waals surface area contributed by atoms with E-state index in [4.69, 9.17) is 5.73 Å². The third-order valence-electron chi connectivity index (χ3n) is 3.28. The van der Waals surface area contributed by atoms with Crippen LogP contribution in [0.15, 0.2) is 0 Å². The number of hydrogen-bond donors (Lipinski definition) is 1. The summed E-state index contributed by atoms with van der Waals surface area (Å²) in [6.07, 6.45) is 2.05. The maximum atomic E-state index is 11.5. The summed E-state index contributed by atoms with van der Waals surface area (Å²) in [7, 11) is 0. The van der Waals surface area contributed by atoms with Gasteiger partial charge in [-0.15, -0.1) is 0 Å². The molecule has 1 heterocycles. The van der Waals surface area contributed by atoms with Crippen molar-refractivity contribution < 1.29 is 9.59 Å². The fourth-order valence-electron chi connectivity index (χ4n) is 2.09. The van der Waals surface area contributed by atoms with Crippen LogP contribution in [0.3, 0.4) is 0 Å². The molecule has 1 rings (SSSR count). The van der Waals surface area contributed by atoms with Crippen molar-refractivity contribution in [2.45, 2.75) is 39.2 Å². The van der Waals surface area contributed by atoms with Crippen LogP contribution in [0.5, 0.6) is 0 Å². The highest BCUT2D eigenvalue weighted by molar-refractivity contribution is 6.05. The van der Waals surface area contributed by atoms with Gasteiger partial charge in [-0.2, -0.15) is 0 Å². The molecule has 0 radical (unpaired) electrons. The van der Waals surface area contributed by atoms with Crippen LogP contribution in [-0.2, 0) is 9.59 Å². The average molecular weight is 241 g/mol. The van der Waals surface area contributed by atoms with Gasteiger partial charge in [-0.3, -0.25) is 14.5 Å². The molecule has 1 aliphatic heterocycles. The lowest BCUT2D eigenvalue weighted by Gasteiger charge is -2.19. The summed E-state index contributed by atoms with van der Waals surface area (Å²) >= 11 is 0. The molecule has 0 bridgehead atoms. The minimum Gasteiger partial charge on any atom is -0.319 e. The van der Waals surface area contributed by atoms with Crippen molar-refractivity contribution in [1.29, 1.82) is 0 Å². The van der Waals surface area contributed by atoms with Crippen molar-refractivity contribution >= 4 is 11.8 Å². The second-order valence-corrected chi connectivity index (χ2v) is 4.43. The summed E-state index contributed by atoms with van der Waals surface area (Å²) < 4.78 is 0. The normalized spacial score (nSPS) is 20.7. The molecule has 5 heteroatoms. The van der Waals surface area contributed by atoms with E-state index in [1.165, 1.54) is 4.90 Å². The summed E-state index contributed by atoms with van der Waals surface area (Å²) in [6, 6.07) is -0.606. The molecular formula is C12H23N3O2. The largest absolute Gasteiger partial charge is 0.319 e. The lowest BCUT2D eigenvalue weighted by atomic mass is 10.2. The second kappa shape index (κ2) is 6.71. The number of hydrogen-bond acceptors (Lipinski definition) is 4. The molecule has 0 aromatic rings. The minimum absolute atomic E-state index is 0.120. The highest BCUT2D eigenvalue weighted by atomic mass is 16.2. The molecule has 2 amide bonds. The zero-order chi connectivity index (χ0) is 12.8. The molecule has 0 aromatic heterocycles. The van der Waals surface area contributed by atoms with Crippen LogP contribution in [-0.4, -0.2) is 53.8 Å². The summed E-state index contributed by atoms with van der Waals surface area (Å²) in [5.41, 5.74) is 5.53. The van der Waals surface area contributed by atoms with Gasteiger partial charge in [-0.1, -0.05) is 13.8 Å². The Labute approximate surface area is 103 Å². The van der Waals surface area contributed by atoms with Crippen molar-refractivity contribution in [3.8, 4) is 0 Å². The van der Waals surface area contributed by atoms with E-state index in [2.05, 4.69) is 18.7 Å². The van der Waals surface area contributed by atoms with Crippen molar-refractivity contribution in [2.24, 2.45) is 5.73 Å². The Kier molecular flexibility index (Phi) is 5.58. The number of amides is 2. The minimum atomic E-state index is -0.606. The van der Waals surface area contributed by atoms with Crippen LogP contribution in [0.25, 0.3) is 0 Å². The number of carbonyl (C=O) groups is 2. The SMILES string of the molecule is CCN(CC)CCCCN1C(=O)C[C@H](N)C1=O. The first-order valence-corrected chi connectivity index (χ1v) is 6.42. The zero-order valence-electron chi connectivity index (χ0n) is 10.8. The molecule has 17 heavy (non-hydrogen) atoms. The summed E-state index contributed by atoms with van der Waals surface area (Å²) in [4.78, 5) is 26.6. The van der Waals surface area contributed by atoms with E-state index >= 15 is 0 Å². The summed E-state index contributed by atoms with van der Waals surface area (Å²) in [5.74, 6) is -0.330. The zero-order valence-corrected chi connectivity index (χ0v) is 10.8. The molecule has 5 nitrogen and oxygen atoms in total.